The molecule has 3 aliphatic rings. The number of hydrogen-bond donors (Lipinski definition) is 2. The van der Waals surface area contributed by atoms with Gasteiger partial charge in [0.05, 0.1) is 0 Å². The largest absolute Gasteiger partial charge is 0.322 e. The molecule has 4 rings (SSSR count). The minimum Gasteiger partial charge on any atom is -0.322 e. The molecular weight excluding hydrogens is 356 g/mol. The van der Waals surface area contributed by atoms with E-state index in [9.17, 15) is 14.4 Å². The van der Waals surface area contributed by atoms with Gasteiger partial charge >= 0.3 is 0 Å². The maximum absolute atomic E-state index is 13.2. The Kier molecular flexibility index (Phi) is 5.46. The topological polar surface area (TPSA) is 81.8 Å². The number of imide groups is 1. The van der Waals surface area contributed by atoms with Gasteiger partial charge in [-0.15, -0.1) is 0 Å². The van der Waals surface area contributed by atoms with Gasteiger partial charge in [0, 0.05) is 37.7 Å². The van der Waals surface area contributed by atoms with Gasteiger partial charge < -0.3 is 10.2 Å². The van der Waals surface area contributed by atoms with Gasteiger partial charge in [0.2, 0.25) is 11.8 Å². The molecule has 2 saturated heterocycles. The van der Waals surface area contributed by atoms with Crippen molar-refractivity contribution in [2.75, 3.05) is 19.6 Å². The molecule has 0 saturated carbocycles. The average Bonchev–Trinajstić information content (AvgIpc) is 3.00. The highest BCUT2D eigenvalue weighted by atomic mass is 16.2. The van der Waals surface area contributed by atoms with Crippen LogP contribution in [0.2, 0.25) is 0 Å². The van der Waals surface area contributed by atoms with E-state index in [-0.39, 0.29) is 24.1 Å². The average molecular weight is 384 g/mol. The zero-order valence-electron chi connectivity index (χ0n) is 16.4. The van der Waals surface area contributed by atoms with Crippen molar-refractivity contribution < 1.29 is 14.4 Å². The third kappa shape index (κ3) is 3.69. The number of piperidine rings is 2. The Morgan fingerprint density at radius 1 is 1.21 bits per heavy atom. The van der Waals surface area contributed by atoms with Gasteiger partial charge in [-0.05, 0) is 43.5 Å². The minimum atomic E-state index is -0.557. The van der Waals surface area contributed by atoms with Crippen LogP contribution in [0.5, 0.6) is 0 Å². The Hall–Kier alpha value is -2.25. The molecule has 28 heavy (non-hydrogen) atoms. The normalized spacial score (nSPS) is 25.8. The molecule has 7 nitrogen and oxygen atoms in total. The first-order chi connectivity index (χ1) is 13.6. The van der Waals surface area contributed by atoms with Gasteiger partial charge in [-0.3, -0.25) is 24.6 Å². The number of nitrogens with one attached hydrogen (secondary N) is 2. The van der Waals surface area contributed by atoms with Crippen molar-refractivity contribution in [3.63, 3.8) is 0 Å². The number of benzene rings is 1. The predicted octanol–water partition coefficient (Wildman–Crippen LogP) is 1.02. The quantitative estimate of drug-likeness (QED) is 0.741. The van der Waals surface area contributed by atoms with E-state index in [0.717, 1.165) is 49.3 Å². The Morgan fingerprint density at radius 3 is 2.86 bits per heavy atom. The molecule has 1 aromatic rings. The molecule has 3 amide bonds. The summed E-state index contributed by atoms with van der Waals surface area (Å²) in [4.78, 5) is 40.9. The molecule has 0 aromatic heterocycles. The van der Waals surface area contributed by atoms with Crippen molar-refractivity contribution in [3.05, 3.63) is 34.9 Å². The fourth-order valence-corrected chi connectivity index (χ4v) is 4.72. The lowest BCUT2D eigenvalue weighted by Crippen LogP contribution is -2.52. The smallest absolute Gasteiger partial charge is 0.255 e. The SMILES string of the molecule is CCNC1CCCN(Cc2cccc3c2C(=O)N(C2CCC(=O)NC2=O)C3)C1. The summed E-state index contributed by atoms with van der Waals surface area (Å²) < 4.78 is 0. The summed E-state index contributed by atoms with van der Waals surface area (Å²) in [5, 5.41) is 5.89. The highest BCUT2D eigenvalue weighted by molar-refractivity contribution is 6.05. The van der Waals surface area contributed by atoms with Crippen LogP contribution in [0.3, 0.4) is 0 Å². The van der Waals surface area contributed by atoms with Gasteiger partial charge in [-0.2, -0.15) is 0 Å². The zero-order chi connectivity index (χ0) is 19.7. The fourth-order valence-electron chi connectivity index (χ4n) is 4.72. The first-order valence-electron chi connectivity index (χ1n) is 10.3. The van der Waals surface area contributed by atoms with Crippen molar-refractivity contribution in [2.24, 2.45) is 0 Å². The molecule has 7 heteroatoms. The van der Waals surface area contributed by atoms with E-state index in [1.165, 1.54) is 6.42 Å². The van der Waals surface area contributed by atoms with Crippen molar-refractivity contribution in [3.8, 4) is 0 Å². The van der Waals surface area contributed by atoms with E-state index in [1.54, 1.807) is 4.90 Å². The molecule has 3 heterocycles. The van der Waals surface area contributed by atoms with Crippen LogP contribution >= 0.6 is 0 Å². The zero-order valence-corrected chi connectivity index (χ0v) is 16.4. The molecule has 0 spiro atoms. The number of amides is 3. The summed E-state index contributed by atoms with van der Waals surface area (Å²) in [6.45, 7) is 6.32. The fraction of sp³-hybridized carbons (Fsp3) is 0.571. The molecule has 2 fully saturated rings. The monoisotopic (exact) mass is 384 g/mol. The van der Waals surface area contributed by atoms with E-state index in [4.69, 9.17) is 0 Å². The molecule has 2 atom stereocenters. The molecule has 1 aromatic carbocycles. The highest BCUT2D eigenvalue weighted by Crippen LogP contribution is 2.30. The maximum atomic E-state index is 13.2. The van der Waals surface area contributed by atoms with Crippen LogP contribution in [-0.2, 0) is 22.7 Å². The van der Waals surface area contributed by atoms with Gasteiger partial charge in [0.1, 0.15) is 6.04 Å². The number of carbonyl (C=O) groups is 3. The van der Waals surface area contributed by atoms with Crippen LogP contribution < -0.4 is 10.6 Å². The van der Waals surface area contributed by atoms with Crippen molar-refractivity contribution in [1.82, 2.24) is 20.4 Å². The lowest BCUT2D eigenvalue weighted by molar-refractivity contribution is -0.136. The molecular formula is C21H28N4O3. The van der Waals surface area contributed by atoms with E-state index in [1.807, 2.05) is 18.2 Å². The Morgan fingerprint density at radius 2 is 2.07 bits per heavy atom. The second-order valence-electron chi connectivity index (χ2n) is 7.98. The van der Waals surface area contributed by atoms with Gasteiger partial charge in [-0.1, -0.05) is 25.1 Å². The van der Waals surface area contributed by atoms with Crippen molar-refractivity contribution in [1.29, 1.82) is 0 Å². The lowest BCUT2D eigenvalue weighted by atomic mass is 10.00. The number of nitrogens with zero attached hydrogens (tertiary/aromatic N) is 2. The van der Waals surface area contributed by atoms with E-state index in [2.05, 4.69) is 22.5 Å². The summed E-state index contributed by atoms with van der Waals surface area (Å²) in [6.07, 6.45) is 3.03. The van der Waals surface area contributed by atoms with Gasteiger partial charge in [-0.25, -0.2) is 0 Å². The summed E-state index contributed by atoms with van der Waals surface area (Å²) in [5.41, 5.74) is 2.76. The maximum Gasteiger partial charge on any atom is 0.255 e. The highest BCUT2D eigenvalue weighted by Gasteiger charge is 2.40. The third-order valence-electron chi connectivity index (χ3n) is 6.03. The van der Waals surface area contributed by atoms with E-state index >= 15 is 0 Å². The van der Waals surface area contributed by atoms with Crippen LogP contribution in [0.25, 0.3) is 0 Å². The number of hydrogen-bond acceptors (Lipinski definition) is 5. The second-order valence-corrected chi connectivity index (χ2v) is 7.98. The van der Waals surface area contributed by atoms with Gasteiger partial charge in [0.25, 0.3) is 5.91 Å². The lowest BCUT2D eigenvalue weighted by Gasteiger charge is -2.33. The predicted molar refractivity (Wildman–Crippen MR) is 104 cm³/mol. The summed E-state index contributed by atoms with van der Waals surface area (Å²) in [5.74, 6) is -0.699. The molecule has 3 aliphatic heterocycles. The summed E-state index contributed by atoms with van der Waals surface area (Å²) in [6, 6.07) is 5.95. The van der Waals surface area contributed by atoms with Gasteiger partial charge in [0.15, 0.2) is 0 Å². The van der Waals surface area contributed by atoms with Crippen LogP contribution in [0.1, 0.15) is 54.1 Å². The standard InChI is InChI=1S/C21H28N4O3/c1-2-22-16-7-4-10-24(13-16)11-14-5-3-6-15-12-25(21(28)19(14)15)17-8-9-18(26)23-20(17)27/h3,5-6,16-17,22H,2,4,7-13H2,1H3,(H,23,26,27). The van der Waals surface area contributed by atoms with Crippen molar-refractivity contribution in [2.45, 2.75) is 57.8 Å². The number of likely N-dealkylation sites (N-methyl/N-ethyl adjacent to an activating group) is 1. The van der Waals surface area contributed by atoms with Crippen LogP contribution in [0.15, 0.2) is 18.2 Å². The second kappa shape index (κ2) is 8.01. The number of fused-ring (bicyclic) bond motifs is 1. The van der Waals surface area contributed by atoms with Crippen LogP contribution in [0.4, 0.5) is 0 Å². The number of likely N-dealkylation sites (tertiary alicyclic amines) is 1. The minimum absolute atomic E-state index is 0.0830. The van der Waals surface area contributed by atoms with E-state index in [0.29, 0.717) is 19.0 Å². The first kappa shape index (κ1) is 19.1. The Labute approximate surface area is 165 Å². The Balaban J connectivity index is 1.50. The molecule has 0 radical (unpaired) electrons. The molecule has 0 aliphatic carbocycles. The van der Waals surface area contributed by atoms with E-state index < -0.39 is 6.04 Å². The molecule has 0 bridgehead atoms. The Bertz CT molecular complexity index is 792. The first-order valence-corrected chi connectivity index (χ1v) is 10.3. The molecule has 150 valence electrons. The third-order valence-corrected chi connectivity index (χ3v) is 6.03. The number of carbonyl (C=O) groups excluding carboxylic acids is 3. The van der Waals surface area contributed by atoms with Crippen LogP contribution in [0, 0.1) is 0 Å². The summed E-state index contributed by atoms with van der Waals surface area (Å²) in [7, 11) is 0. The summed E-state index contributed by atoms with van der Waals surface area (Å²) >= 11 is 0. The van der Waals surface area contributed by atoms with Crippen LogP contribution in [-0.4, -0.2) is 59.2 Å². The molecule has 2 unspecified atom stereocenters. The molecule has 2 N–H and O–H groups in total. The number of rotatable bonds is 5. The van der Waals surface area contributed by atoms with Crippen molar-refractivity contribution >= 4 is 17.7 Å².